The molecule has 1 amide bonds. The predicted octanol–water partition coefficient (Wildman–Crippen LogP) is 1.26. The molecule has 2 N–H and O–H groups in total. The number of likely N-dealkylation sites (N-methyl/N-ethyl adjacent to an activating group) is 1. The molecule has 8 heteroatoms. The van der Waals surface area contributed by atoms with Crippen LogP contribution in [0.25, 0.3) is 11.5 Å². The van der Waals surface area contributed by atoms with E-state index in [9.17, 15) is 4.79 Å². The summed E-state index contributed by atoms with van der Waals surface area (Å²) in [6, 6.07) is 3.84. The average Bonchev–Trinajstić information content (AvgIpc) is 3.16. The summed E-state index contributed by atoms with van der Waals surface area (Å²) >= 11 is 0. The van der Waals surface area contributed by atoms with Gasteiger partial charge in [0.1, 0.15) is 11.5 Å². The second-order valence-corrected chi connectivity index (χ2v) is 5.97. The lowest BCUT2D eigenvalue weighted by molar-refractivity contribution is -0.131. The number of nitrogens with one attached hydrogen (secondary N) is 2. The quantitative estimate of drug-likeness (QED) is 0.846. The van der Waals surface area contributed by atoms with E-state index in [0.29, 0.717) is 13.1 Å². The summed E-state index contributed by atoms with van der Waals surface area (Å²) in [5.41, 5.74) is 1.85. The van der Waals surface area contributed by atoms with Crippen LogP contribution in [0.4, 0.5) is 0 Å². The first-order valence-corrected chi connectivity index (χ1v) is 7.89. The molecular formula is C16H24ClN5O2. The van der Waals surface area contributed by atoms with E-state index in [4.69, 9.17) is 4.42 Å². The summed E-state index contributed by atoms with van der Waals surface area (Å²) in [7, 11) is 2.08. The molecule has 132 valence electrons. The largest absolute Gasteiger partial charge is 0.460 e. The van der Waals surface area contributed by atoms with Gasteiger partial charge in [-0.05, 0) is 26.1 Å². The minimum Gasteiger partial charge on any atom is -0.460 e. The fourth-order valence-electron chi connectivity index (χ4n) is 2.70. The zero-order valence-electron chi connectivity index (χ0n) is 14.0. The molecule has 0 bridgehead atoms. The van der Waals surface area contributed by atoms with Crippen LogP contribution in [0, 0.1) is 6.92 Å². The molecule has 0 spiro atoms. The van der Waals surface area contributed by atoms with Crippen LogP contribution in [0.5, 0.6) is 0 Å². The van der Waals surface area contributed by atoms with Crippen molar-refractivity contribution in [2.45, 2.75) is 13.5 Å². The number of H-pyrrole nitrogens is 1. The molecule has 0 atom stereocenters. The predicted molar refractivity (Wildman–Crippen MR) is 94.1 cm³/mol. The summed E-state index contributed by atoms with van der Waals surface area (Å²) in [6.45, 7) is 6.31. The Balaban J connectivity index is 0.00000208. The summed E-state index contributed by atoms with van der Waals surface area (Å²) in [6.07, 6.45) is 1.76. The van der Waals surface area contributed by atoms with Crippen LogP contribution in [-0.4, -0.2) is 65.7 Å². The highest BCUT2D eigenvalue weighted by Crippen LogP contribution is 2.23. The van der Waals surface area contributed by atoms with Gasteiger partial charge in [-0.15, -0.1) is 12.4 Å². The Bertz CT molecular complexity index is 661. The smallest absolute Gasteiger partial charge is 0.236 e. The van der Waals surface area contributed by atoms with Gasteiger partial charge < -0.3 is 19.5 Å². The van der Waals surface area contributed by atoms with E-state index in [1.54, 1.807) is 6.20 Å². The monoisotopic (exact) mass is 353 g/mol. The molecule has 3 rings (SSSR count). The van der Waals surface area contributed by atoms with Crippen LogP contribution >= 0.6 is 12.4 Å². The number of hydrogen-bond donors (Lipinski definition) is 2. The number of aromatic nitrogens is 2. The Hall–Kier alpha value is -1.83. The lowest BCUT2D eigenvalue weighted by Gasteiger charge is -2.32. The molecule has 24 heavy (non-hydrogen) atoms. The topological polar surface area (TPSA) is 77.4 Å². The van der Waals surface area contributed by atoms with Crippen molar-refractivity contribution in [1.82, 2.24) is 25.3 Å². The third-order valence-corrected chi connectivity index (χ3v) is 4.15. The van der Waals surface area contributed by atoms with Gasteiger partial charge in [0.2, 0.25) is 5.91 Å². The molecule has 1 aliphatic heterocycles. The molecule has 0 unspecified atom stereocenters. The minimum atomic E-state index is 0. The first kappa shape index (κ1) is 18.5. The van der Waals surface area contributed by atoms with E-state index in [2.05, 4.69) is 27.5 Å². The molecule has 0 aliphatic carbocycles. The first-order chi connectivity index (χ1) is 11.1. The van der Waals surface area contributed by atoms with Crippen molar-refractivity contribution in [2.24, 2.45) is 0 Å². The summed E-state index contributed by atoms with van der Waals surface area (Å²) < 4.78 is 5.62. The first-order valence-electron chi connectivity index (χ1n) is 7.89. The molecule has 3 heterocycles. The number of amides is 1. The average molecular weight is 354 g/mol. The number of aromatic amines is 1. The lowest BCUT2D eigenvalue weighted by Crippen LogP contribution is -2.49. The number of carbonyl (C=O) groups is 1. The number of carbonyl (C=O) groups excluding carboxylic acids is 1. The maximum Gasteiger partial charge on any atom is 0.236 e. The van der Waals surface area contributed by atoms with Gasteiger partial charge in [0.05, 0.1) is 12.7 Å². The molecule has 0 aromatic carbocycles. The van der Waals surface area contributed by atoms with Crippen LogP contribution in [0.2, 0.25) is 0 Å². The molecular weight excluding hydrogens is 330 g/mol. The van der Waals surface area contributed by atoms with Gasteiger partial charge in [-0.2, -0.15) is 5.10 Å². The lowest BCUT2D eigenvalue weighted by atomic mass is 10.2. The highest BCUT2D eigenvalue weighted by molar-refractivity contribution is 5.85. The van der Waals surface area contributed by atoms with E-state index < -0.39 is 0 Å². The molecule has 1 saturated heterocycles. The molecule has 0 radical (unpaired) electrons. The van der Waals surface area contributed by atoms with Crippen LogP contribution in [-0.2, 0) is 11.3 Å². The van der Waals surface area contributed by atoms with Gasteiger partial charge >= 0.3 is 0 Å². The fourth-order valence-corrected chi connectivity index (χ4v) is 2.70. The van der Waals surface area contributed by atoms with Gasteiger partial charge in [0, 0.05) is 38.3 Å². The van der Waals surface area contributed by atoms with Crippen LogP contribution < -0.4 is 5.32 Å². The van der Waals surface area contributed by atoms with Crippen molar-refractivity contribution in [2.75, 3.05) is 39.8 Å². The van der Waals surface area contributed by atoms with E-state index in [-0.39, 0.29) is 18.3 Å². The van der Waals surface area contributed by atoms with E-state index >= 15 is 0 Å². The summed E-state index contributed by atoms with van der Waals surface area (Å²) in [5.74, 6) is 1.78. The minimum absolute atomic E-state index is 0. The molecule has 1 fully saturated rings. The number of piperazine rings is 1. The van der Waals surface area contributed by atoms with Crippen molar-refractivity contribution in [3.63, 3.8) is 0 Å². The van der Waals surface area contributed by atoms with Crippen LogP contribution in [0.1, 0.15) is 11.3 Å². The second-order valence-electron chi connectivity index (χ2n) is 5.97. The van der Waals surface area contributed by atoms with Gasteiger partial charge in [0.25, 0.3) is 0 Å². The molecule has 0 saturated carbocycles. The Labute approximate surface area is 147 Å². The molecule has 2 aromatic rings. The third kappa shape index (κ3) is 4.37. The van der Waals surface area contributed by atoms with E-state index in [1.807, 2.05) is 24.0 Å². The van der Waals surface area contributed by atoms with Gasteiger partial charge in [-0.25, -0.2) is 0 Å². The maximum atomic E-state index is 12.2. The molecule has 7 nitrogen and oxygen atoms in total. The van der Waals surface area contributed by atoms with Crippen molar-refractivity contribution in [1.29, 1.82) is 0 Å². The third-order valence-electron chi connectivity index (χ3n) is 4.15. The van der Waals surface area contributed by atoms with Gasteiger partial charge in [-0.1, -0.05) is 0 Å². The second kappa shape index (κ2) is 8.32. The number of furan rings is 1. The molecule has 1 aliphatic rings. The normalized spacial score (nSPS) is 15.3. The zero-order valence-corrected chi connectivity index (χ0v) is 14.9. The number of halogens is 1. The highest BCUT2D eigenvalue weighted by atomic mass is 35.5. The number of nitrogens with zero attached hydrogens (tertiary/aromatic N) is 3. The van der Waals surface area contributed by atoms with Crippen molar-refractivity contribution in [3.8, 4) is 11.5 Å². The number of aryl methyl sites for hydroxylation is 1. The Morgan fingerprint density at radius 1 is 1.33 bits per heavy atom. The zero-order chi connectivity index (χ0) is 16.2. The van der Waals surface area contributed by atoms with E-state index in [0.717, 1.165) is 49.0 Å². The molecule has 2 aromatic heterocycles. The van der Waals surface area contributed by atoms with Crippen molar-refractivity contribution < 1.29 is 9.21 Å². The highest BCUT2D eigenvalue weighted by Gasteiger charge is 2.18. The van der Waals surface area contributed by atoms with Crippen molar-refractivity contribution >= 4 is 18.3 Å². The fraction of sp³-hybridized carbons (Fsp3) is 0.500. The summed E-state index contributed by atoms with van der Waals surface area (Å²) in [5, 5.41) is 10.2. The Morgan fingerprint density at radius 3 is 2.75 bits per heavy atom. The number of hydrogen-bond acceptors (Lipinski definition) is 5. The SMILES string of the molecule is Cc1ccc(-c2[nH]ncc2CNCC(=O)N2CCN(C)CC2)o1.Cl. The maximum absolute atomic E-state index is 12.2. The van der Waals surface area contributed by atoms with Gasteiger partial charge in [0.15, 0.2) is 5.76 Å². The number of rotatable bonds is 5. The Morgan fingerprint density at radius 2 is 2.08 bits per heavy atom. The standard InChI is InChI=1S/C16H23N5O2.ClH/c1-12-3-4-14(23-12)16-13(10-18-19-16)9-17-11-15(22)21-7-5-20(2)6-8-21;/h3-4,10,17H,5-9,11H2,1-2H3,(H,18,19);1H. The van der Waals surface area contributed by atoms with Crippen LogP contribution in [0.15, 0.2) is 22.7 Å². The Kier molecular flexibility index (Phi) is 6.42. The summed E-state index contributed by atoms with van der Waals surface area (Å²) in [4.78, 5) is 16.3. The van der Waals surface area contributed by atoms with Gasteiger partial charge in [-0.3, -0.25) is 9.89 Å². The van der Waals surface area contributed by atoms with E-state index in [1.165, 1.54) is 0 Å². The van der Waals surface area contributed by atoms with Crippen LogP contribution in [0.3, 0.4) is 0 Å². The van der Waals surface area contributed by atoms with Crippen molar-refractivity contribution in [3.05, 3.63) is 29.7 Å².